The van der Waals surface area contributed by atoms with Crippen molar-refractivity contribution in [3.8, 4) is 0 Å². The van der Waals surface area contributed by atoms with E-state index in [9.17, 15) is 43.7 Å². The molecule has 0 aliphatic rings. The molecule has 0 rings (SSSR count). The van der Waals surface area contributed by atoms with Gasteiger partial charge in [-0.1, -0.05) is 4.39 Å². The third-order valence-electron chi connectivity index (χ3n) is 2.02. The largest absolute Gasteiger partial charge is 0.434 e. The first-order valence-corrected chi connectivity index (χ1v) is 7.05. The molecule has 0 saturated heterocycles. The second-order valence-electron chi connectivity index (χ2n) is 4.06. The molecule has 22 heavy (non-hydrogen) atoms. The number of hydrogen-bond acceptors (Lipinski definition) is 4. The monoisotopic (exact) mass is 369 g/mol. The second kappa shape index (κ2) is 8.82. The first-order chi connectivity index (χ1) is 9.68. The number of halogens is 8. The van der Waals surface area contributed by atoms with Crippen LogP contribution in [0.3, 0.4) is 0 Å². The minimum absolute atomic E-state index is 0.897. The Bertz CT molecular complexity index is 410. The topological polar surface area (TPSA) is 55.4 Å². The number of alkyl halides is 7. The fraction of sp³-hybridized carbons (Fsp3) is 1.00. The van der Waals surface area contributed by atoms with Gasteiger partial charge in [0.25, 0.3) is 0 Å². The molecule has 0 amide bonds. The molecule has 0 aliphatic heterocycles. The van der Waals surface area contributed by atoms with Crippen LogP contribution in [0.5, 0.6) is 0 Å². The highest BCUT2D eigenvalue weighted by Gasteiger charge is 2.66. The van der Waals surface area contributed by atoms with Crippen molar-refractivity contribution in [3.05, 3.63) is 0 Å². The molecule has 0 aromatic carbocycles. The summed E-state index contributed by atoms with van der Waals surface area (Å²) in [7, 11) is -2.74. The Morgan fingerprint density at radius 3 is 1.59 bits per heavy atom. The van der Waals surface area contributed by atoms with E-state index in [1.165, 1.54) is 0 Å². The molecule has 0 spiro atoms. The highest BCUT2D eigenvalue weighted by molar-refractivity contribution is 7.87. The van der Waals surface area contributed by atoms with Crippen LogP contribution in [0.2, 0.25) is 0 Å². The summed E-state index contributed by atoms with van der Waals surface area (Å²) in [5.41, 5.74) is 0. The Kier molecular flexibility index (Phi) is 9.45. The van der Waals surface area contributed by atoms with Gasteiger partial charge in [-0.05, 0) is 31.5 Å². The molecule has 0 unspecified atom stereocenters. The van der Waals surface area contributed by atoms with Gasteiger partial charge in [-0.2, -0.15) is 39.2 Å². The summed E-state index contributed by atoms with van der Waals surface area (Å²) in [5, 5.41) is -3.12. The lowest BCUT2D eigenvalue weighted by atomic mass is 10.1. The molecule has 0 aromatic heterocycles. The number of unbranched alkanes of at least 4 members (excludes halogenated alkanes) is 1. The van der Waals surface area contributed by atoms with Crippen LogP contribution in [0.4, 0.5) is 35.3 Å². The Hall–Kier alpha value is -0.690. The van der Waals surface area contributed by atoms with Crippen molar-refractivity contribution in [2.45, 2.75) is 43.0 Å². The quantitative estimate of drug-likeness (QED) is 0.552. The maximum atomic E-state index is 12.8. The molecule has 0 bridgehead atoms. The van der Waals surface area contributed by atoms with Gasteiger partial charge in [-0.15, -0.1) is 0 Å². The summed E-state index contributed by atoms with van der Waals surface area (Å²) in [4.78, 5) is 0. The summed E-state index contributed by atoms with van der Waals surface area (Å²) in [5.74, 6) is -5.25. The van der Waals surface area contributed by atoms with E-state index in [0.717, 1.165) is 0 Å². The summed E-state index contributed by atoms with van der Waals surface area (Å²) < 4.78 is 120. The van der Waals surface area contributed by atoms with Gasteiger partial charge in [0.05, 0.1) is 0 Å². The van der Waals surface area contributed by atoms with Crippen LogP contribution < -0.4 is 5.32 Å². The Morgan fingerprint density at radius 2 is 1.27 bits per heavy atom. The molecule has 0 aromatic rings. The van der Waals surface area contributed by atoms with Crippen LogP contribution in [-0.4, -0.2) is 39.9 Å². The molecule has 136 valence electrons. The van der Waals surface area contributed by atoms with E-state index in [4.69, 9.17) is 0 Å². The van der Waals surface area contributed by atoms with Gasteiger partial charge < -0.3 is 5.32 Å². The molecule has 0 atom stereocenters. The predicted octanol–water partition coefficient (Wildman–Crippen LogP) is 3.40. The molecule has 0 saturated carbocycles. The zero-order chi connectivity index (χ0) is 18.2. The molecule has 1 N–H and O–H groups in total. The fourth-order valence-corrected chi connectivity index (χ4v) is 1.59. The maximum Gasteiger partial charge on any atom is 0.434 e. The number of rotatable bonds is 7. The summed E-state index contributed by atoms with van der Waals surface area (Å²) in [6.07, 6.45) is -9.92. The van der Waals surface area contributed by atoms with Crippen LogP contribution in [-0.2, 0) is 14.5 Å². The minimum atomic E-state index is -6.49. The molecule has 0 aliphatic carbocycles. The zero-order valence-electron chi connectivity index (χ0n) is 11.5. The van der Waals surface area contributed by atoms with E-state index in [1.807, 2.05) is 18.5 Å². The normalized spacial score (nSPS) is 13.5. The van der Waals surface area contributed by atoms with Crippen molar-refractivity contribution in [1.29, 1.82) is 0 Å². The van der Waals surface area contributed by atoms with E-state index in [0.29, 0.717) is 0 Å². The van der Waals surface area contributed by atoms with Gasteiger partial charge in [-0.3, -0.25) is 0 Å². The molecule has 0 heterocycles. The maximum absolute atomic E-state index is 12.8. The van der Waals surface area contributed by atoms with E-state index in [-0.39, 0.29) is 0 Å². The Balaban J connectivity index is 0. The van der Waals surface area contributed by atoms with Gasteiger partial charge in [0.2, 0.25) is 0 Å². The molecular weight excluding hydrogens is 354 g/mol. The molecule has 4 nitrogen and oxygen atoms in total. The summed E-state index contributed by atoms with van der Waals surface area (Å²) in [6.45, 7) is 0. The predicted molar refractivity (Wildman–Crippen MR) is 60.5 cm³/mol. The lowest BCUT2D eigenvalue weighted by Gasteiger charge is -2.23. The average molecular weight is 369 g/mol. The van der Waals surface area contributed by atoms with E-state index in [1.54, 1.807) is 0 Å². The molecule has 0 radical (unpaired) electrons. The molecule has 13 heteroatoms. The Morgan fingerprint density at radius 1 is 0.909 bits per heavy atom. The van der Waals surface area contributed by atoms with Gasteiger partial charge >= 0.3 is 27.5 Å². The van der Waals surface area contributed by atoms with Crippen LogP contribution in [0.25, 0.3) is 0 Å². The van der Waals surface area contributed by atoms with Gasteiger partial charge in [0.1, 0.15) is 0 Å². The molecular formula is C9H15F8NO3S. The summed E-state index contributed by atoms with van der Waals surface area (Å²) >= 11 is 0. The second-order valence-corrected chi connectivity index (χ2v) is 5.61. The van der Waals surface area contributed by atoms with E-state index < -0.39 is 53.2 Å². The standard InChI is InChI=1S/C7H8F8O3S.C2H7N/c8-5(9,3-1-2-4-6(10,11)12)7(13,14)19(16,17)18-15;1-3-2/h1-4H2;3H,1-2H3. The first kappa shape index (κ1) is 23.6. The van der Waals surface area contributed by atoms with Crippen molar-refractivity contribution < 1.29 is 48.1 Å². The van der Waals surface area contributed by atoms with Crippen LogP contribution in [0.1, 0.15) is 25.7 Å². The summed E-state index contributed by atoms with van der Waals surface area (Å²) in [6, 6.07) is 0. The fourth-order valence-electron chi connectivity index (χ4n) is 1.04. The SMILES string of the molecule is CNC.O=S(=O)(OF)C(F)(F)C(F)(F)CCCCC(F)(F)F. The third kappa shape index (κ3) is 7.54. The first-order valence-electron chi connectivity index (χ1n) is 5.64. The van der Waals surface area contributed by atoms with Crippen molar-refractivity contribution in [2.24, 2.45) is 0 Å². The van der Waals surface area contributed by atoms with Crippen LogP contribution >= 0.6 is 0 Å². The zero-order valence-corrected chi connectivity index (χ0v) is 12.3. The highest BCUT2D eigenvalue weighted by atomic mass is 32.2. The highest BCUT2D eigenvalue weighted by Crippen LogP contribution is 2.43. The lowest BCUT2D eigenvalue weighted by molar-refractivity contribution is -0.174. The number of hydrogen-bond donors (Lipinski definition) is 1. The van der Waals surface area contributed by atoms with Crippen molar-refractivity contribution >= 4 is 10.1 Å². The lowest BCUT2D eigenvalue weighted by Crippen LogP contribution is -2.47. The van der Waals surface area contributed by atoms with Crippen molar-refractivity contribution in [3.63, 3.8) is 0 Å². The van der Waals surface area contributed by atoms with Gasteiger partial charge in [0.15, 0.2) is 0 Å². The van der Waals surface area contributed by atoms with E-state index >= 15 is 0 Å². The Labute approximate surface area is 121 Å². The van der Waals surface area contributed by atoms with E-state index in [2.05, 4.69) is 5.32 Å². The number of nitrogens with one attached hydrogen (secondary N) is 1. The van der Waals surface area contributed by atoms with Crippen LogP contribution in [0, 0.1) is 0 Å². The third-order valence-corrected chi connectivity index (χ3v) is 3.12. The molecule has 0 fully saturated rings. The average Bonchev–Trinajstić information content (AvgIpc) is 2.34. The van der Waals surface area contributed by atoms with Crippen molar-refractivity contribution in [1.82, 2.24) is 5.32 Å². The van der Waals surface area contributed by atoms with Crippen LogP contribution in [0.15, 0.2) is 0 Å². The minimum Gasteiger partial charge on any atom is -0.323 e. The van der Waals surface area contributed by atoms with Gasteiger partial charge in [0, 0.05) is 12.8 Å². The smallest absolute Gasteiger partial charge is 0.323 e. The van der Waals surface area contributed by atoms with Crippen molar-refractivity contribution in [2.75, 3.05) is 14.1 Å². The van der Waals surface area contributed by atoms with Gasteiger partial charge in [-0.25, -0.2) is 0 Å².